The number of carbonyl (C=O) groups excluding carboxylic acids is 1. The van der Waals surface area contributed by atoms with Gasteiger partial charge in [-0.15, -0.1) is 0 Å². The van der Waals surface area contributed by atoms with Crippen LogP contribution in [0.25, 0.3) is 21.5 Å². The summed E-state index contributed by atoms with van der Waals surface area (Å²) in [6.45, 7) is 0. The van der Waals surface area contributed by atoms with E-state index in [4.69, 9.17) is 0 Å². The molecule has 3 aromatic carbocycles. The molecule has 0 N–H and O–H groups in total. The number of carbonyl (C=O) groups is 1. The number of anilines is 1. The van der Waals surface area contributed by atoms with E-state index in [9.17, 15) is 4.79 Å². The van der Waals surface area contributed by atoms with Gasteiger partial charge in [0.1, 0.15) is 5.04 Å². The number of amides is 1. The van der Waals surface area contributed by atoms with Gasteiger partial charge in [0, 0.05) is 25.3 Å². The highest BCUT2D eigenvalue weighted by Gasteiger charge is 2.16. The Balaban J connectivity index is 1.86. The molecule has 0 fully saturated rings. The number of benzene rings is 3. The van der Waals surface area contributed by atoms with Crippen LogP contribution in [-0.4, -0.2) is 30.8 Å². The predicted octanol–water partition coefficient (Wildman–Crippen LogP) is 4.08. The number of fused-ring (bicyclic) bond motifs is 2. The molecule has 1 aliphatic rings. The predicted molar refractivity (Wildman–Crippen MR) is 99.8 cm³/mol. The van der Waals surface area contributed by atoms with Crippen molar-refractivity contribution in [1.29, 1.82) is 0 Å². The van der Waals surface area contributed by atoms with Crippen molar-refractivity contribution in [3.8, 4) is 0 Å². The van der Waals surface area contributed by atoms with Gasteiger partial charge in [0.15, 0.2) is 0 Å². The van der Waals surface area contributed by atoms with Crippen LogP contribution >= 0.6 is 11.8 Å². The summed E-state index contributed by atoms with van der Waals surface area (Å²) in [6, 6.07) is 17.2. The normalized spacial score (nSPS) is 14.5. The van der Waals surface area contributed by atoms with E-state index in [0.717, 1.165) is 10.6 Å². The molecule has 114 valence electrons. The number of nitrogens with zero attached hydrogens (tertiary/aromatic N) is 2. The smallest absolute Gasteiger partial charge is 0.257 e. The van der Waals surface area contributed by atoms with Gasteiger partial charge < -0.3 is 4.90 Å². The van der Waals surface area contributed by atoms with E-state index in [1.807, 2.05) is 6.07 Å². The summed E-state index contributed by atoms with van der Waals surface area (Å²) >= 11 is 1.52. The topological polar surface area (TPSA) is 32.7 Å². The van der Waals surface area contributed by atoms with Gasteiger partial charge in [-0.2, -0.15) is 0 Å². The van der Waals surface area contributed by atoms with Crippen molar-refractivity contribution < 1.29 is 4.79 Å². The summed E-state index contributed by atoms with van der Waals surface area (Å²) in [5.74, 6) is 0.415. The molecular formula is C19H16N2OS. The largest absolute Gasteiger partial charge is 0.378 e. The Kier molecular flexibility index (Phi) is 3.34. The molecule has 4 rings (SSSR count). The second-order valence-electron chi connectivity index (χ2n) is 5.94. The minimum atomic E-state index is -0.0418. The van der Waals surface area contributed by atoms with Crippen LogP contribution in [0, 0.1) is 0 Å². The molecule has 0 bridgehead atoms. The fourth-order valence-corrected chi connectivity index (χ4v) is 3.64. The summed E-state index contributed by atoms with van der Waals surface area (Å²) in [5.41, 5.74) is 2.22. The molecule has 0 saturated heterocycles. The Hall–Kier alpha value is -2.33. The molecule has 0 radical (unpaired) electrons. The van der Waals surface area contributed by atoms with E-state index in [0.29, 0.717) is 5.75 Å². The Labute approximate surface area is 139 Å². The third kappa shape index (κ3) is 2.59. The molecule has 23 heavy (non-hydrogen) atoms. The standard InChI is InChI=1S/C19H16N2OS/c1-21(2)17-6-5-13-7-15-9-14(19-20-18(22)11-23-19)4-3-12(15)8-16(13)10-17/h3-10H,11H2,1-2H3. The number of thioether (sulfide) groups is 1. The first-order valence-corrected chi connectivity index (χ1v) is 8.48. The molecule has 4 heteroatoms. The van der Waals surface area contributed by atoms with Crippen molar-refractivity contribution in [2.45, 2.75) is 0 Å². The molecule has 1 aliphatic heterocycles. The maximum atomic E-state index is 11.3. The van der Waals surface area contributed by atoms with Crippen LogP contribution in [0.5, 0.6) is 0 Å². The van der Waals surface area contributed by atoms with Crippen molar-refractivity contribution in [2.24, 2.45) is 4.99 Å². The number of rotatable bonds is 2. The highest BCUT2D eigenvalue weighted by atomic mass is 32.2. The molecule has 0 saturated carbocycles. The van der Waals surface area contributed by atoms with Crippen LogP contribution in [0.3, 0.4) is 0 Å². The van der Waals surface area contributed by atoms with Crippen molar-refractivity contribution >= 4 is 49.9 Å². The van der Waals surface area contributed by atoms with Crippen LogP contribution in [0.2, 0.25) is 0 Å². The lowest BCUT2D eigenvalue weighted by atomic mass is 10.0. The first-order chi connectivity index (χ1) is 11.1. The minimum absolute atomic E-state index is 0.0418. The van der Waals surface area contributed by atoms with Crippen molar-refractivity contribution in [2.75, 3.05) is 24.7 Å². The molecule has 0 aliphatic carbocycles. The summed E-state index contributed by atoms with van der Waals surface area (Å²) < 4.78 is 0. The highest BCUT2D eigenvalue weighted by molar-refractivity contribution is 8.15. The van der Waals surface area contributed by atoms with Gasteiger partial charge >= 0.3 is 0 Å². The van der Waals surface area contributed by atoms with Crippen molar-refractivity contribution in [3.63, 3.8) is 0 Å². The Morgan fingerprint density at radius 3 is 2.26 bits per heavy atom. The minimum Gasteiger partial charge on any atom is -0.378 e. The van der Waals surface area contributed by atoms with Crippen LogP contribution in [0.1, 0.15) is 5.56 Å². The lowest BCUT2D eigenvalue weighted by molar-refractivity contribution is -0.115. The first kappa shape index (κ1) is 14.3. The monoisotopic (exact) mass is 320 g/mol. The van der Waals surface area contributed by atoms with Gasteiger partial charge in [-0.25, -0.2) is 4.99 Å². The van der Waals surface area contributed by atoms with Crippen LogP contribution in [0.4, 0.5) is 5.69 Å². The van der Waals surface area contributed by atoms with Crippen LogP contribution in [0.15, 0.2) is 53.5 Å². The Morgan fingerprint density at radius 2 is 1.61 bits per heavy atom. The molecule has 0 spiro atoms. The number of hydrogen-bond acceptors (Lipinski definition) is 3. The number of aliphatic imine (C=N–C) groups is 1. The summed E-state index contributed by atoms with van der Waals surface area (Å²) in [7, 11) is 4.10. The van der Waals surface area contributed by atoms with E-state index < -0.39 is 0 Å². The zero-order valence-electron chi connectivity index (χ0n) is 13.0. The first-order valence-electron chi connectivity index (χ1n) is 7.50. The number of hydrogen-bond donors (Lipinski definition) is 0. The fourth-order valence-electron chi connectivity index (χ4n) is 2.85. The second kappa shape index (κ2) is 5.39. The van der Waals surface area contributed by atoms with Gasteiger partial charge in [-0.3, -0.25) is 4.79 Å². The molecule has 3 nitrogen and oxygen atoms in total. The van der Waals surface area contributed by atoms with Crippen LogP contribution in [-0.2, 0) is 4.79 Å². The van der Waals surface area contributed by atoms with Crippen LogP contribution < -0.4 is 4.90 Å². The zero-order chi connectivity index (χ0) is 16.0. The molecule has 0 unspecified atom stereocenters. The van der Waals surface area contributed by atoms with Crippen molar-refractivity contribution in [3.05, 3.63) is 54.1 Å². The lowest BCUT2D eigenvalue weighted by Crippen LogP contribution is -2.07. The summed E-state index contributed by atoms with van der Waals surface area (Å²) in [5, 5.41) is 5.67. The second-order valence-corrected chi connectivity index (χ2v) is 6.90. The van der Waals surface area contributed by atoms with E-state index in [-0.39, 0.29) is 5.91 Å². The molecular weight excluding hydrogens is 304 g/mol. The van der Waals surface area contributed by atoms with E-state index in [1.165, 1.54) is 39.0 Å². The molecule has 3 aromatic rings. The molecule has 0 aromatic heterocycles. The SMILES string of the molecule is CN(C)c1ccc2cc3cc(C4=NC(=O)CS4)ccc3cc2c1. The molecule has 1 heterocycles. The van der Waals surface area contributed by atoms with Gasteiger partial charge in [-0.1, -0.05) is 30.0 Å². The van der Waals surface area contributed by atoms with Gasteiger partial charge in [-0.05, 0) is 51.9 Å². The average molecular weight is 320 g/mol. The third-order valence-electron chi connectivity index (χ3n) is 4.10. The summed E-state index contributed by atoms with van der Waals surface area (Å²) in [4.78, 5) is 17.5. The zero-order valence-corrected chi connectivity index (χ0v) is 13.9. The van der Waals surface area contributed by atoms with Gasteiger partial charge in [0.2, 0.25) is 0 Å². The van der Waals surface area contributed by atoms with Crippen molar-refractivity contribution in [1.82, 2.24) is 0 Å². The summed E-state index contributed by atoms with van der Waals surface area (Å²) in [6.07, 6.45) is 0. The fraction of sp³-hybridized carbons (Fsp3) is 0.158. The third-order valence-corrected chi connectivity index (χ3v) is 5.09. The Morgan fingerprint density at radius 1 is 0.913 bits per heavy atom. The lowest BCUT2D eigenvalue weighted by Gasteiger charge is -2.13. The molecule has 0 atom stereocenters. The quantitative estimate of drug-likeness (QED) is 0.667. The van der Waals surface area contributed by atoms with Gasteiger partial charge in [0.05, 0.1) is 5.75 Å². The van der Waals surface area contributed by atoms with Gasteiger partial charge in [0.25, 0.3) is 5.91 Å². The highest BCUT2D eigenvalue weighted by Crippen LogP contribution is 2.29. The maximum Gasteiger partial charge on any atom is 0.257 e. The van der Waals surface area contributed by atoms with E-state index >= 15 is 0 Å². The molecule has 1 amide bonds. The maximum absolute atomic E-state index is 11.3. The van der Waals surface area contributed by atoms with E-state index in [1.54, 1.807) is 0 Å². The van der Waals surface area contributed by atoms with E-state index in [2.05, 4.69) is 66.5 Å². The Bertz CT molecular complexity index is 976. The average Bonchev–Trinajstić information content (AvgIpc) is 2.98.